The average Bonchev–Trinajstić information content (AvgIpc) is 1.65. The number of carboxylic acid groups (broad SMARTS) is 1. The van der Waals surface area contributed by atoms with Crippen LogP contribution in [0.2, 0.25) is 0 Å². The summed E-state index contributed by atoms with van der Waals surface area (Å²) in [4.78, 5) is 185. The van der Waals surface area contributed by atoms with Crippen LogP contribution in [-0.2, 0) is 66.7 Å². The Hall–Kier alpha value is -12.9. The van der Waals surface area contributed by atoms with Crippen LogP contribution < -0.4 is 44.0 Å². The molecule has 0 bridgehead atoms. The van der Waals surface area contributed by atoms with E-state index >= 15 is 0 Å². The second-order valence-corrected chi connectivity index (χ2v) is 27.6. The smallest absolute Gasteiger partial charge is 0.351 e. The number of amides is 4. The van der Waals surface area contributed by atoms with Gasteiger partial charge in [-0.2, -0.15) is 19.9 Å². The van der Waals surface area contributed by atoms with E-state index in [1.165, 1.54) is 65.1 Å². The summed E-state index contributed by atoms with van der Waals surface area (Å²) in [7, 11) is 0. The van der Waals surface area contributed by atoms with Gasteiger partial charge in [0.1, 0.15) is 29.4 Å². The third-order valence-electron chi connectivity index (χ3n) is 19.5. The summed E-state index contributed by atoms with van der Waals surface area (Å²) in [6, 6.07) is 39.6. The van der Waals surface area contributed by atoms with Crippen LogP contribution in [0.3, 0.4) is 0 Å². The SMILES string of the molecule is CCC(=O)Nc1ccn([C@@H]2O[C@H](C(=O)O)[C@@H](C)[C@@H]2OC(=O)c2ccccc2)c(=O)n1.CCC(=O)Nc1ccn([C@@H]2O[C@H](C(C)=O)[C@@H](C)[C@@H]2OC(=O)c2ccccc2)c(=O)n1.CCC(=O)Nc1ccn([C@@H]2O[C@H](CC)[C@@H](C)[C@@H]2OC(=O)c2ccccc2)c(=O)n1.CCC(=O)Nc1ccn([C@@H]2O[C@H](CO)[C@@H](C)[C@@H]2OC(=O)c2ccccc2)c(=O)n1. The highest BCUT2D eigenvalue weighted by Crippen LogP contribution is 2.41. The lowest BCUT2D eigenvalue weighted by Crippen LogP contribution is -2.36. The molecule has 4 fully saturated rings. The zero-order valence-corrected chi connectivity index (χ0v) is 66.1. The van der Waals surface area contributed by atoms with Gasteiger partial charge < -0.3 is 69.4 Å². The lowest BCUT2D eigenvalue weighted by atomic mass is 9.97. The number of benzene rings is 4. The highest BCUT2D eigenvalue weighted by atomic mass is 16.6. The number of rotatable bonds is 24. The molecule has 4 amide bonds. The maximum absolute atomic E-state index is 12.6. The van der Waals surface area contributed by atoms with Crippen molar-refractivity contribution in [3.8, 4) is 0 Å². The molecule has 8 aromatic rings. The number of hydrogen-bond acceptors (Lipinski definition) is 27. The Bertz CT molecular complexity index is 4810. The number of ketones is 1. The fourth-order valence-electron chi connectivity index (χ4n) is 12.9. The Morgan fingerprint density at radius 2 is 0.610 bits per heavy atom. The van der Waals surface area contributed by atoms with Gasteiger partial charge in [0.15, 0.2) is 61.2 Å². The third-order valence-corrected chi connectivity index (χ3v) is 19.5. The summed E-state index contributed by atoms with van der Waals surface area (Å²) in [5, 5.41) is 29.1. The van der Waals surface area contributed by atoms with Crippen LogP contribution >= 0.6 is 0 Å². The molecular weight excluding hydrogens is 1540 g/mol. The maximum atomic E-state index is 12.6. The van der Waals surface area contributed by atoms with E-state index < -0.39 is 132 Å². The van der Waals surface area contributed by atoms with Crippen molar-refractivity contribution in [1.82, 2.24) is 38.2 Å². The van der Waals surface area contributed by atoms with Gasteiger partial charge in [-0.25, -0.2) is 43.2 Å². The van der Waals surface area contributed by atoms with E-state index in [1.807, 2.05) is 19.9 Å². The molecule has 8 heterocycles. The number of nitrogens with one attached hydrogen (secondary N) is 4. The van der Waals surface area contributed by atoms with E-state index in [1.54, 1.807) is 164 Å². The number of carbonyl (C=O) groups excluding carboxylic acids is 9. The lowest BCUT2D eigenvalue weighted by molar-refractivity contribution is -0.153. The first-order valence-corrected chi connectivity index (χ1v) is 38.1. The maximum Gasteiger partial charge on any atom is 0.351 e. The van der Waals surface area contributed by atoms with E-state index in [2.05, 4.69) is 41.2 Å². The van der Waals surface area contributed by atoms with Crippen molar-refractivity contribution in [3.63, 3.8) is 0 Å². The standard InChI is InChI=1S/C21H23N3O6.C21H25N3O5.C20H21N3O7.C20H23N3O6/c1-4-16(26)22-15-10-11-24(21(28)23-15)19-18(12(2)17(29-19)13(3)25)30-20(27)14-8-6-5-7-9-14;1-4-15-13(3)18(29-20(26)14-9-7-6-8-10-14)19(28-15)24-12-11-16(23-21(24)27)22-17(25)5-2;1-3-14(24)21-13-9-10-23(20(28)22-13)17-15(11(2)16(29-17)18(25)26)30-19(27)12-7-5-4-6-8-12;1-3-16(25)21-15-9-10-23(20(27)22-15)18-17(12(2)14(11-24)28-18)29-19(26)13-7-5-4-6-8-13/h5-12,17-19H,4H2,1-3H3,(H,22,23,26,28);6-13,15,18-19H,4-5H2,1-3H3,(H,22,23,25,27);4-11,15-17H,3H2,1-2H3,(H,25,26)(H,21,22,24,28);4-10,12,14,17-18,24H,3,11H2,1-2H3,(H,21,22,25,27)/t12-,17+,18+,19-;13-,15-,18+,19-;11-,15-,16-,17+;12-,14-,17+,18-/m1101/s1. The molecular formula is C82H92N12O24. The molecule has 0 radical (unpaired) electrons. The molecule has 0 unspecified atom stereocenters. The first kappa shape index (κ1) is 89.0. The molecule has 4 aromatic heterocycles. The molecule has 6 N–H and O–H groups in total. The van der Waals surface area contributed by atoms with Crippen LogP contribution in [0.25, 0.3) is 0 Å². The fraction of sp³-hybridized carbons (Fsp3) is 0.390. The summed E-state index contributed by atoms with van der Waals surface area (Å²) in [6.45, 7) is 16.8. The predicted octanol–water partition coefficient (Wildman–Crippen LogP) is 7.48. The fourth-order valence-corrected chi connectivity index (χ4v) is 12.9. The van der Waals surface area contributed by atoms with Gasteiger partial charge in [-0.1, -0.05) is 135 Å². The van der Waals surface area contributed by atoms with E-state index in [0.29, 0.717) is 23.1 Å². The topological polar surface area (TPSA) is 473 Å². The number of anilines is 4. The molecule has 4 aromatic carbocycles. The van der Waals surface area contributed by atoms with E-state index in [4.69, 9.17) is 37.9 Å². The molecule has 4 saturated heterocycles. The first-order chi connectivity index (χ1) is 56.5. The minimum atomic E-state index is -1.28. The zero-order chi connectivity index (χ0) is 85.6. The molecule has 16 atom stereocenters. The van der Waals surface area contributed by atoms with Crippen LogP contribution in [-0.4, -0.2) is 163 Å². The van der Waals surface area contributed by atoms with Crippen molar-refractivity contribution < 1.29 is 96.1 Å². The van der Waals surface area contributed by atoms with Crippen LogP contribution in [0.5, 0.6) is 0 Å². The molecule has 624 valence electrons. The quantitative estimate of drug-likeness (QED) is 0.0252. The Morgan fingerprint density at radius 3 is 0.856 bits per heavy atom. The predicted molar refractivity (Wildman–Crippen MR) is 420 cm³/mol. The summed E-state index contributed by atoms with van der Waals surface area (Å²) >= 11 is 0. The highest BCUT2D eigenvalue weighted by Gasteiger charge is 2.51. The monoisotopic (exact) mass is 1630 g/mol. The van der Waals surface area contributed by atoms with Gasteiger partial charge in [-0.05, 0) is 86.1 Å². The van der Waals surface area contributed by atoms with Crippen molar-refractivity contribution >= 4 is 82.5 Å². The Labute approximate surface area is 675 Å². The Balaban J connectivity index is 0.000000179. The number of hydrogen-bond donors (Lipinski definition) is 6. The second kappa shape index (κ2) is 41.6. The van der Waals surface area contributed by atoms with Crippen molar-refractivity contribution in [2.24, 2.45) is 23.7 Å². The number of aromatic nitrogens is 8. The molecule has 118 heavy (non-hydrogen) atoms. The van der Waals surface area contributed by atoms with Crippen LogP contribution in [0.4, 0.5) is 23.3 Å². The number of esters is 4. The number of ether oxygens (including phenoxy) is 8. The van der Waals surface area contributed by atoms with Crippen molar-refractivity contribution in [3.05, 3.63) is 235 Å². The van der Waals surface area contributed by atoms with Crippen LogP contribution in [0.1, 0.15) is 168 Å². The van der Waals surface area contributed by atoms with Gasteiger partial charge in [0.05, 0.1) is 41.1 Å². The molecule has 36 heteroatoms. The van der Waals surface area contributed by atoms with Gasteiger partial charge in [0.25, 0.3) is 0 Å². The average molecular weight is 1630 g/mol. The Morgan fingerprint density at radius 1 is 0.364 bits per heavy atom. The molecule has 36 nitrogen and oxygen atoms in total. The number of nitrogens with zero attached hydrogens (tertiary/aromatic N) is 8. The van der Waals surface area contributed by atoms with Gasteiger partial charge >= 0.3 is 52.6 Å². The molecule has 0 spiro atoms. The summed E-state index contributed by atoms with van der Waals surface area (Å²) in [6.07, 6.45) is -2.93. The lowest BCUT2D eigenvalue weighted by Gasteiger charge is -2.23. The molecule has 0 aliphatic carbocycles. The third kappa shape index (κ3) is 22.4. The van der Waals surface area contributed by atoms with Gasteiger partial charge in [0, 0.05) is 74.1 Å². The van der Waals surface area contributed by atoms with E-state index in [9.17, 15) is 77.3 Å². The number of Topliss-reactive ketones (excluding diaryl/α,β-unsaturated/α-hetero) is 1. The molecule has 12 rings (SSSR count). The minimum absolute atomic E-state index is 0.0572. The molecule has 4 aliphatic rings. The van der Waals surface area contributed by atoms with Gasteiger partial charge in [-0.15, -0.1) is 0 Å². The number of aliphatic hydroxyl groups excluding tert-OH is 1. The summed E-state index contributed by atoms with van der Waals surface area (Å²) < 4.78 is 50.5. The minimum Gasteiger partial charge on any atom is -0.479 e. The van der Waals surface area contributed by atoms with Crippen LogP contribution in [0, 0.1) is 23.7 Å². The molecule has 4 aliphatic heterocycles. The number of aliphatic carboxylic acids is 1. The highest BCUT2D eigenvalue weighted by molar-refractivity contribution is 5.93. The van der Waals surface area contributed by atoms with Gasteiger partial charge in [-0.3, -0.25) is 42.2 Å². The first-order valence-electron chi connectivity index (χ1n) is 38.1. The second-order valence-electron chi connectivity index (χ2n) is 27.6. The zero-order valence-electron chi connectivity index (χ0n) is 66.1. The van der Waals surface area contributed by atoms with Gasteiger partial charge in [0.2, 0.25) is 23.6 Å². The van der Waals surface area contributed by atoms with Crippen molar-refractivity contribution in [2.45, 2.75) is 175 Å². The van der Waals surface area contributed by atoms with E-state index in [-0.39, 0.29) is 108 Å². The number of carbonyl (C=O) groups is 10. The summed E-state index contributed by atoms with van der Waals surface area (Å²) in [5.41, 5.74) is -1.32. The van der Waals surface area contributed by atoms with Crippen molar-refractivity contribution in [1.29, 1.82) is 0 Å². The largest absolute Gasteiger partial charge is 0.479 e. The van der Waals surface area contributed by atoms with Crippen molar-refractivity contribution in [2.75, 3.05) is 27.9 Å². The molecule has 0 saturated carbocycles. The number of aliphatic hydroxyl groups is 1. The number of carboxylic acids is 1. The van der Waals surface area contributed by atoms with E-state index in [0.717, 1.165) is 9.13 Å². The Kier molecular flexibility index (Phi) is 31.4. The van der Waals surface area contributed by atoms with Crippen LogP contribution in [0.15, 0.2) is 190 Å². The summed E-state index contributed by atoms with van der Waals surface area (Å²) in [5.74, 6) is -6.06. The normalized spacial score (nSPS) is 23.3.